The number of anilines is 1. The first-order valence-electron chi connectivity index (χ1n) is 3.74. The van der Waals surface area contributed by atoms with E-state index in [1.165, 1.54) is 25.4 Å². The van der Waals surface area contributed by atoms with Gasteiger partial charge in [0.1, 0.15) is 5.82 Å². The van der Waals surface area contributed by atoms with E-state index in [4.69, 9.17) is 5.73 Å². The number of nitrogens with zero attached hydrogens (tertiary/aromatic N) is 1. The number of nitrogens with two attached hydrogens (primary N) is 1. The maximum absolute atomic E-state index is 10.8. The Labute approximate surface area is 80.1 Å². The number of carbonyl (C=O) groups is 2. The van der Waals surface area contributed by atoms with Crippen LogP contribution in [0.15, 0.2) is 18.3 Å². The molecular weight excluding hydrogens is 186 g/mol. The molecule has 0 saturated heterocycles. The number of ether oxygens (including phenoxy) is 1. The number of rotatable bonds is 2. The summed E-state index contributed by atoms with van der Waals surface area (Å²) in [4.78, 5) is 25.3. The lowest BCUT2D eigenvalue weighted by Gasteiger charge is -2.02. The maximum Gasteiger partial charge on any atom is 0.412 e. The van der Waals surface area contributed by atoms with Crippen LogP contribution in [0.25, 0.3) is 0 Å². The Hall–Kier alpha value is -2.11. The van der Waals surface area contributed by atoms with Crippen LogP contribution in [0.5, 0.6) is 0 Å². The molecule has 2 amide bonds. The van der Waals surface area contributed by atoms with Gasteiger partial charge in [-0.25, -0.2) is 9.78 Å². The highest BCUT2D eigenvalue weighted by atomic mass is 16.5. The number of methoxy groups -OCH3 is 1. The molecule has 6 heteroatoms. The van der Waals surface area contributed by atoms with Crippen LogP contribution in [0.3, 0.4) is 0 Å². The number of pyridine rings is 1. The molecule has 1 heterocycles. The zero-order chi connectivity index (χ0) is 10.6. The second-order valence-electron chi connectivity index (χ2n) is 2.41. The standard InChI is InChI=1S/C8H9N3O3/c1-14-8(13)11-6-4-5(7(9)12)2-3-10-6/h2-4H,1H3,(H2,9,12)(H,10,11,13). The predicted molar refractivity (Wildman–Crippen MR) is 48.8 cm³/mol. The SMILES string of the molecule is COC(=O)Nc1cc(C(N)=O)ccn1. The Morgan fingerprint density at radius 1 is 1.57 bits per heavy atom. The fourth-order valence-electron chi connectivity index (χ4n) is 0.808. The van der Waals surface area contributed by atoms with Gasteiger partial charge in [-0.1, -0.05) is 0 Å². The topological polar surface area (TPSA) is 94.3 Å². The first kappa shape index (κ1) is 9.97. The number of aromatic nitrogens is 1. The Kier molecular flexibility index (Phi) is 3.01. The van der Waals surface area contributed by atoms with Crippen LogP contribution >= 0.6 is 0 Å². The molecule has 3 N–H and O–H groups in total. The molecule has 0 aromatic carbocycles. The average Bonchev–Trinajstić information content (AvgIpc) is 2.18. The van der Waals surface area contributed by atoms with Crippen LogP contribution in [0.1, 0.15) is 10.4 Å². The fourth-order valence-corrected chi connectivity index (χ4v) is 0.808. The van der Waals surface area contributed by atoms with Gasteiger partial charge in [-0.2, -0.15) is 0 Å². The minimum absolute atomic E-state index is 0.216. The normalized spacial score (nSPS) is 9.21. The van der Waals surface area contributed by atoms with Crippen molar-refractivity contribution in [2.45, 2.75) is 0 Å². The van der Waals surface area contributed by atoms with Crippen LogP contribution < -0.4 is 11.1 Å². The van der Waals surface area contributed by atoms with Crippen LogP contribution in [0.2, 0.25) is 0 Å². The van der Waals surface area contributed by atoms with Gasteiger partial charge < -0.3 is 10.5 Å². The van der Waals surface area contributed by atoms with E-state index >= 15 is 0 Å². The van der Waals surface area contributed by atoms with Gasteiger partial charge >= 0.3 is 6.09 Å². The number of carbonyl (C=O) groups excluding carboxylic acids is 2. The van der Waals surface area contributed by atoms with E-state index in [-0.39, 0.29) is 11.4 Å². The minimum atomic E-state index is -0.654. The van der Waals surface area contributed by atoms with Crippen molar-refractivity contribution in [1.82, 2.24) is 4.98 Å². The smallest absolute Gasteiger partial charge is 0.412 e. The average molecular weight is 195 g/mol. The van der Waals surface area contributed by atoms with Gasteiger partial charge in [-0.15, -0.1) is 0 Å². The molecule has 1 rings (SSSR count). The Morgan fingerprint density at radius 2 is 2.29 bits per heavy atom. The molecule has 0 aliphatic carbocycles. The zero-order valence-corrected chi connectivity index (χ0v) is 7.48. The monoisotopic (exact) mass is 195 g/mol. The van der Waals surface area contributed by atoms with Crippen LogP contribution in [0, 0.1) is 0 Å². The van der Waals surface area contributed by atoms with Gasteiger partial charge in [0.15, 0.2) is 0 Å². The quantitative estimate of drug-likeness (QED) is 0.712. The van der Waals surface area contributed by atoms with Gasteiger partial charge in [0.2, 0.25) is 5.91 Å². The van der Waals surface area contributed by atoms with Crippen molar-refractivity contribution >= 4 is 17.8 Å². The molecule has 0 fully saturated rings. The second-order valence-corrected chi connectivity index (χ2v) is 2.41. The first-order chi connectivity index (χ1) is 6.63. The molecule has 0 saturated carbocycles. The molecule has 6 nitrogen and oxygen atoms in total. The fraction of sp³-hybridized carbons (Fsp3) is 0.125. The summed E-state index contributed by atoms with van der Waals surface area (Å²) in [5.41, 5.74) is 5.31. The Morgan fingerprint density at radius 3 is 2.86 bits per heavy atom. The van der Waals surface area contributed by atoms with Crippen molar-refractivity contribution in [3.8, 4) is 0 Å². The maximum atomic E-state index is 10.8. The van der Waals surface area contributed by atoms with Crippen molar-refractivity contribution in [3.05, 3.63) is 23.9 Å². The molecule has 0 spiro atoms. The summed E-state index contributed by atoms with van der Waals surface area (Å²) < 4.78 is 4.35. The highest BCUT2D eigenvalue weighted by Crippen LogP contribution is 2.05. The highest BCUT2D eigenvalue weighted by molar-refractivity contribution is 5.94. The van der Waals surface area contributed by atoms with E-state index in [1.54, 1.807) is 0 Å². The van der Waals surface area contributed by atoms with Gasteiger partial charge in [-0.3, -0.25) is 10.1 Å². The van der Waals surface area contributed by atoms with Crippen LogP contribution in [-0.4, -0.2) is 24.1 Å². The van der Waals surface area contributed by atoms with Crippen LogP contribution in [0.4, 0.5) is 10.6 Å². The van der Waals surface area contributed by atoms with E-state index in [0.29, 0.717) is 0 Å². The van der Waals surface area contributed by atoms with E-state index in [9.17, 15) is 9.59 Å². The molecule has 0 bridgehead atoms. The van der Waals surface area contributed by atoms with Crippen molar-refractivity contribution < 1.29 is 14.3 Å². The van der Waals surface area contributed by atoms with Gasteiger partial charge in [0.25, 0.3) is 0 Å². The second kappa shape index (κ2) is 4.22. The van der Waals surface area contributed by atoms with Gasteiger partial charge in [0, 0.05) is 11.8 Å². The predicted octanol–water partition coefficient (Wildman–Crippen LogP) is 0.359. The third-order valence-corrected chi connectivity index (χ3v) is 1.46. The number of primary amides is 1. The van der Waals surface area contributed by atoms with E-state index in [0.717, 1.165) is 0 Å². The molecular formula is C8H9N3O3. The molecule has 0 radical (unpaired) electrons. The number of nitrogens with one attached hydrogen (secondary N) is 1. The van der Waals surface area contributed by atoms with E-state index in [1.807, 2.05) is 0 Å². The lowest BCUT2D eigenvalue weighted by atomic mass is 10.2. The lowest BCUT2D eigenvalue weighted by Crippen LogP contribution is -2.15. The number of amides is 2. The highest BCUT2D eigenvalue weighted by Gasteiger charge is 2.05. The lowest BCUT2D eigenvalue weighted by molar-refractivity contribution is 0.1000. The first-order valence-corrected chi connectivity index (χ1v) is 3.74. The number of hydrogen-bond acceptors (Lipinski definition) is 4. The van der Waals surface area contributed by atoms with Crippen molar-refractivity contribution in [2.24, 2.45) is 5.73 Å². The molecule has 74 valence electrons. The Balaban J connectivity index is 2.83. The molecule has 1 aromatic heterocycles. The summed E-state index contributed by atoms with van der Waals surface area (Å²) in [7, 11) is 1.23. The third-order valence-electron chi connectivity index (χ3n) is 1.46. The molecule has 0 atom stereocenters. The summed E-state index contributed by atoms with van der Waals surface area (Å²) in [6.45, 7) is 0. The van der Waals surface area contributed by atoms with Gasteiger partial charge in [0.05, 0.1) is 7.11 Å². The number of hydrogen-bond donors (Lipinski definition) is 2. The largest absolute Gasteiger partial charge is 0.453 e. The van der Waals surface area contributed by atoms with Gasteiger partial charge in [-0.05, 0) is 12.1 Å². The minimum Gasteiger partial charge on any atom is -0.453 e. The molecule has 1 aromatic rings. The van der Waals surface area contributed by atoms with E-state index in [2.05, 4.69) is 15.0 Å². The molecule has 0 unspecified atom stereocenters. The molecule has 14 heavy (non-hydrogen) atoms. The van der Waals surface area contributed by atoms with Crippen molar-refractivity contribution in [2.75, 3.05) is 12.4 Å². The summed E-state index contributed by atoms with van der Waals surface area (Å²) >= 11 is 0. The summed E-state index contributed by atoms with van der Waals surface area (Å²) in [5, 5.41) is 2.31. The zero-order valence-electron chi connectivity index (χ0n) is 7.48. The summed E-state index contributed by atoms with van der Waals surface area (Å²) in [6, 6.07) is 2.81. The summed E-state index contributed by atoms with van der Waals surface area (Å²) in [6.07, 6.45) is 0.713. The van der Waals surface area contributed by atoms with Crippen molar-refractivity contribution in [3.63, 3.8) is 0 Å². The molecule has 0 aliphatic heterocycles. The van der Waals surface area contributed by atoms with Crippen LogP contribution in [-0.2, 0) is 4.74 Å². The summed E-state index contributed by atoms with van der Waals surface area (Å²) in [5.74, 6) is -0.367. The third kappa shape index (κ3) is 2.44. The molecule has 0 aliphatic rings. The van der Waals surface area contributed by atoms with E-state index < -0.39 is 12.0 Å². The van der Waals surface area contributed by atoms with Crippen molar-refractivity contribution in [1.29, 1.82) is 0 Å². The Bertz CT molecular complexity index is 365.